The molecule has 0 aliphatic carbocycles. The van der Waals surface area contributed by atoms with Gasteiger partial charge in [-0.1, -0.05) is 18.2 Å². The van der Waals surface area contributed by atoms with Crippen molar-refractivity contribution in [3.05, 3.63) is 77.6 Å². The predicted molar refractivity (Wildman–Crippen MR) is 95.7 cm³/mol. The third kappa shape index (κ3) is 3.96. The molecule has 3 rings (SSSR count). The first-order valence-electron chi connectivity index (χ1n) is 7.59. The fraction of sp³-hybridized carbons (Fsp3) is 0. The van der Waals surface area contributed by atoms with Crippen molar-refractivity contribution in [1.82, 2.24) is 0 Å². The van der Waals surface area contributed by atoms with E-state index < -0.39 is 11.9 Å². The van der Waals surface area contributed by atoms with Crippen LogP contribution in [-0.2, 0) is 0 Å². The molecule has 0 bridgehead atoms. The van der Waals surface area contributed by atoms with Gasteiger partial charge in [0.15, 0.2) is 0 Å². The molecule has 3 N–H and O–H groups in total. The van der Waals surface area contributed by atoms with E-state index in [4.69, 9.17) is 14.6 Å². The smallest absolute Gasteiger partial charge is 0.335 e. The van der Waals surface area contributed by atoms with Crippen molar-refractivity contribution in [2.24, 2.45) is 5.10 Å². The summed E-state index contributed by atoms with van der Waals surface area (Å²) in [5.74, 6) is -1.65. The van der Waals surface area contributed by atoms with Gasteiger partial charge in [0.05, 0.1) is 23.0 Å². The van der Waals surface area contributed by atoms with Crippen molar-refractivity contribution in [3.8, 4) is 11.3 Å². The van der Waals surface area contributed by atoms with Gasteiger partial charge in [0.2, 0.25) is 0 Å². The van der Waals surface area contributed by atoms with Crippen LogP contribution >= 0.6 is 0 Å². The van der Waals surface area contributed by atoms with E-state index in [0.717, 1.165) is 11.8 Å². The molecular weight excluding hydrogens is 336 g/mol. The van der Waals surface area contributed by atoms with Crippen LogP contribution in [0.3, 0.4) is 0 Å². The van der Waals surface area contributed by atoms with Crippen molar-refractivity contribution in [2.45, 2.75) is 0 Å². The maximum Gasteiger partial charge on any atom is 0.335 e. The minimum Gasteiger partial charge on any atom is -0.478 e. The standard InChI is InChI=1S/C19H14N2O5/c22-18(23)13-8-12(9-14(10-13)19(24)25)17-7-6-16(26-17)11-20-21-15-4-2-1-3-5-15/h1-11,21H,(H,22,23)(H,24,25)/b20-11-. The fourth-order valence-electron chi connectivity index (χ4n) is 2.28. The second-order valence-electron chi connectivity index (χ2n) is 5.35. The number of para-hydroxylation sites is 1. The van der Waals surface area contributed by atoms with Crippen LogP contribution < -0.4 is 5.43 Å². The van der Waals surface area contributed by atoms with E-state index in [0.29, 0.717) is 17.1 Å². The first kappa shape index (κ1) is 17.0. The Balaban J connectivity index is 1.83. The zero-order chi connectivity index (χ0) is 18.5. The molecule has 2 aromatic carbocycles. The Kier molecular flexibility index (Phi) is 4.80. The number of anilines is 1. The molecule has 1 heterocycles. The number of hydrogen-bond acceptors (Lipinski definition) is 5. The van der Waals surface area contributed by atoms with Gasteiger partial charge >= 0.3 is 11.9 Å². The van der Waals surface area contributed by atoms with Gasteiger partial charge in [0, 0.05) is 5.56 Å². The molecule has 0 spiro atoms. The van der Waals surface area contributed by atoms with Crippen molar-refractivity contribution in [1.29, 1.82) is 0 Å². The van der Waals surface area contributed by atoms with Crippen LogP contribution in [0.15, 0.2) is 70.2 Å². The number of carbonyl (C=O) groups is 2. The van der Waals surface area contributed by atoms with E-state index in [9.17, 15) is 9.59 Å². The number of nitrogens with one attached hydrogen (secondary N) is 1. The summed E-state index contributed by atoms with van der Waals surface area (Å²) in [6.07, 6.45) is 1.47. The first-order chi connectivity index (χ1) is 12.5. The molecule has 0 atom stereocenters. The lowest BCUT2D eigenvalue weighted by molar-refractivity contribution is 0.0696. The molecule has 0 radical (unpaired) electrons. The van der Waals surface area contributed by atoms with Crippen LogP contribution in [0.5, 0.6) is 0 Å². The Bertz CT molecular complexity index is 944. The number of furan rings is 1. The van der Waals surface area contributed by atoms with Gasteiger partial charge in [0.1, 0.15) is 11.5 Å². The summed E-state index contributed by atoms with van der Waals surface area (Å²) in [7, 11) is 0. The molecule has 7 nitrogen and oxygen atoms in total. The molecular formula is C19H14N2O5. The van der Waals surface area contributed by atoms with Crippen LogP contribution in [0.2, 0.25) is 0 Å². The second kappa shape index (κ2) is 7.35. The topological polar surface area (TPSA) is 112 Å². The molecule has 130 valence electrons. The van der Waals surface area contributed by atoms with E-state index in [1.807, 2.05) is 30.3 Å². The summed E-state index contributed by atoms with van der Waals surface area (Å²) in [5.41, 5.74) is 3.76. The summed E-state index contributed by atoms with van der Waals surface area (Å²) >= 11 is 0. The van der Waals surface area contributed by atoms with Gasteiger partial charge in [-0.15, -0.1) is 0 Å². The van der Waals surface area contributed by atoms with Crippen LogP contribution in [0.4, 0.5) is 5.69 Å². The lowest BCUT2D eigenvalue weighted by atomic mass is 10.0. The number of rotatable bonds is 6. The summed E-state index contributed by atoms with van der Waals surface area (Å²) in [6.45, 7) is 0. The van der Waals surface area contributed by atoms with Crippen LogP contribution in [0, 0.1) is 0 Å². The van der Waals surface area contributed by atoms with Crippen molar-refractivity contribution < 1.29 is 24.2 Å². The Hall–Kier alpha value is -3.87. The molecule has 7 heteroatoms. The molecule has 26 heavy (non-hydrogen) atoms. The SMILES string of the molecule is O=C(O)c1cc(C(=O)O)cc(-c2ccc(/C=N\Nc3ccccc3)o2)c1. The molecule has 0 fully saturated rings. The Morgan fingerprint density at radius 3 is 2.19 bits per heavy atom. The molecule has 0 aliphatic heterocycles. The summed E-state index contributed by atoms with van der Waals surface area (Å²) < 4.78 is 5.60. The van der Waals surface area contributed by atoms with E-state index in [1.165, 1.54) is 18.3 Å². The van der Waals surface area contributed by atoms with Gasteiger partial charge in [0.25, 0.3) is 0 Å². The maximum absolute atomic E-state index is 11.2. The molecule has 0 amide bonds. The Morgan fingerprint density at radius 2 is 1.58 bits per heavy atom. The van der Waals surface area contributed by atoms with Gasteiger partial charge in [-0.25, -0.2) is 9.59 Å². The molecule has 3 aromatic rings. The summed E-state index contributed by atoms with van der Waals surface area (Å²) in [6, 6.07) is 16.4. The molecule has 0 unspecified atom stereocenters. The number of hydrazone groups is 1. The van der Waals surface area contributed by atoms with E-state index in [-0.39, 0.29) is 11.1 Å². The summed E-state index contributed by atoms with van der Waals surface area (Å²) in [5, 5.41) is 22.3. The third-order valence-electron chi connectivity index (χ3n) is 3.50. The second-order valence-corrected chi connectivity index (χ2v) is 5.35. The normalized spacial score (nSPS) is 10.8. The average Bonchev–Trinajstić information content (AvgIpc) is 3.11. The number of carboxylic acid groups (broad SMARTS) is 2. The molecule has 0 aliphatic rings. The van der Waals surface area contributed by atoms with Gasteiger partial charge < -0.3 is 14.6 Å². The third-order valence-corrected chi connectivity index (χ3v) is 3.50. The lowest BCUT2D eigenvalue weighted by Crippen LogP contribution is -2.02. The minimum absolute atomic E-state index is 0.128. The Labute approximate surface area is 148 Å². The van der Waals surface area contributed by atoms with Crippen LogP contribution in [0.25, 0.3) is 11.3 Å². The van der Waals surface area contributed by atoms with Gasteiger partial charge in [-0.05, 0) is 42.5 Å². The van der Waals surface area contributed by atoms with Gasteiger partial charge in [-0.2, -0.15) is 5.10 Å². The van der Waals surface area contributed by atoms with Crippen molar-refractivity contribution >= 4 is 23.8 Å². The Morgan fingerprint density at radius 1 is 0.923 bits per heavy atom. The predicted octanol–water partition coefficient (Wildman–Crippen LogP) is 3.79. The van der Waals surface area contributed by atoms with Crippen molar-refractivity contribution in [3.63, 3.8) is 0 Å². The highest BCUT2D eigenvalue weighted by atomic mass is 16.4. The zero-order valence-electron chi connectivity index (χ0n) is 13.4. The van der Waals surface area contributed by atoms with E-state index in [1.54, 1.807) is 12.1 Å². The fourth-order valence-corrected chi connectivity index (χ4v) is 2.28. The number of aromatic carboxylic acids is 2. The summed E-state index contributed by atoms with van der Waals surface area (Å²) in [4.78, 5) is 22.4. The van der Waals surface area contributed by atoms with E-state index in [2.05, 4.69) is 10.5 Å². The van der Waals surface area contributed by atoms with Gasteiger partial charge in [-0.3, -0.25) is 5.43 Å². The highest BCUT2D eigenvalue weighted by Gasteiger charge is 2.14. The minimum atomic E-state index is -1.21. The lowest BCUT2D eigenvalue weighted by Gasteiger charge is -2.03. The van der Waals surface area contributed by atoms with E-state index >= 15 is 0 Å². The number of nitrogens with zero attached hydrogens (tertiary/aromatic N) is 1. The first-order valence-corrected chi connectivity index (χ1v) is 7.59. The van der Waals surface area contributed by atoms with Crippen molar-refractivity contribution in [2.75, 3.05) is 5.43 Å². The molecule has 0 saturated carbocycles. The van der Waals surface area contributed by atoms with Crippen LogP contribution in [0.1, 0.15) is 26.5 Å². The largest absolute Gasteiger partial charge is 0.478 e. The molecule has 0 saturated heterocycles. The number of carboxylic acids is 2. The number of hydrogen-bond donors (Lipinski definition) is 3. The quantitative estimate of drug-likeness (QED) is 0.460. The maximum atomic E-state index is 11.2. The molecule has 1 aromatic heterocycles. The van der Waals surface area contributed by atoms with Crippen LogP contribution in [-0.4, -0.2) is 28.4 Å². The zero-order valence-corrected chi connectivity index (χ0v) is 13.4. The highest BCUT2D eigenvalue weighted by molar-refractivity contribution is 5.96. The highest BCUT2D eigenvalue weighted by Crippen LogP contribution is 2.24. The number of benzene rings is 2. The monoisotopic (exact) mass is 350 g/mol. The average molecular weight is 350 g/mol.